The number of nitrogens with one attached hydrogen (secondary N) is 2. The van der Waals surface area contributed by atoms with Crippen molar-refractivity contribution in [3.63, 3.8) is 0 Å². The van der Waals surface area contributed by atoms with Crippen molar-refractivity contribution in [2.45, 2.75) is 58.0 Å². The van der Waals surface area contributed by atoms with E-state index in [1.54, 1.807) is 6.33 Å². The molecule has 0 aromatic carbocycles. The lowest BCUT2D eigenvalue weighted by atomic mass is 9.96. The maximum atomic E-state index is 4.68. The molecule has 1 saturated carbocycles. The van der Waals surface area contributed by atoms with Crippen LogP contribution >= 0.6 is 24.0 Å². The average Bonchev–Trinajstić information content (AvgIpc) is 3.01. The lowest BCUT2D eigenvalue weighted by Crippen LogP contribution is -2.44. The zero-order valence-corrected chi connectivity index (χ0v) is 16.3. The molecule has 0 bridgehead atoms. The minimum atomic E-state index is 0. The van der Waals surface area contributed by atoms with E-state index in [9.17, 15) is 0 Å². The fourth-order valence-corrected chi connectivity index (χ4v) is 2.77. The first-order chi connectivity index (χ1) is 10.8. The van der Waals surface area contributed by atoms with Gasteiger partial charge in [0.15, 0.2) is 5.96 Å². The molecule has 1 aliphatic carbocycles. The lowest BCUT2D eigenvalue weighted by molar-refractivity contribution is 0.410. The van der Waals surface area contributed by atoms with E-state index in [2.05, 4.69) is 43.9 Å². The first kappa shape index (κ1) is 19.9. The second-order valence-corrected chi connectivity index (χ2v) is 5.67. The van der Waals surface area contributed by atoms with E-state index >= 15 is 0 Å². The zero-order valence-electron chi connectivity index (χ0n) is 14.0. The molecule has 0 amide bonds. The topological polar surface area (TPSA) is 67.1 Å². The number of aryl methyl sites for hydroxylation is 1. The van der Waals surface area contributed by atoms with Gasteiger partial charge in [-0.3, -0.25) is 4.99 Å². The molecule has 1 aliphatic rings. The molecule has 7 heteroatoms. The van der Waals surface area contributed by atoms with Gasteiger partial charge in [-0.05, 0) is 12.8 Å². The van der Waals surface area contributed by atoms with Crippen LogP contribution in [-0.2, 0) is 13.0 Å². The molecular formula is C16H29IN6. The summed E-state index contributed by atoms with van der Waals surface area (Å²) >= 11 is 0. The van der Waals surface area contributed by atoms with Gasteiger partial charge in [0.1, 0.15) is 12.2 Å². The van der Waals surface area contributed by atoms with E-state index in [0.29, 0.717) is 12.6 Å². The predicted molar refractivity (Wildman–Crippen MR) is 105 cm³/mol. The highest BCUT2D eigenvalue weighted by Crippen LogP contribution is 2.17. The summed E-state index contributed by atoms with van der Waals surface area (Å²) in [6.45, 7) is 8.09. The number of hydrogen-bond donors (Lipinski definition) is 2. The number of hydrogen-bond acceptors (Lipinski definition) is 3. The highest BCUT2D eigenvalue weighted by atomic mass is 127. The van der Waals surface area contributed by atoms with Gasteiger partial charge in [-0.1, -0.05) is 32.3 Å². The number of halogens is 1. The van der Waals surface area contributed by atoms with Gasteiger partial charge in [-0.15, -0.1) is 40.8 Å². The van der Waals surface area contributed by atoms with Crippen LogP contribution in [0.5, 0.6) is 0 Å². The number of guanidine groups is 1. The Morgan fingerprint density at radius 2 is 2.22 bits per heavy atom. The van der Waals surface area contributed by atoms with Gasteiger partial charge >= 0.3 is 0 Å². The summed E-state index contributed by atoms with van der Waals surface area (Å²) in [4.78, 5) is 4.68. The standard InChI is InChI=1S/C16H28N6.HI/c1-3-10-17-16(20-14-8-6-5-7-9-14)18-11-12-22-13-19-21-15(22)4-2;/h3,13-14H,1,4-12H2,2H3,(H2,17,18,20);1H. The monoisotopic (exact) mass is 432 g/mol. The van der Waals surface area contributed by atoms with Gasteiger partial charge in [0.25, 0.3) is 0 Å². The van der Waals surface area contributed by atoms with Crippen molar-refractivity contribution < 1.29 is 0 Å². The van der Waals surface area contributed by atoms with E-state index in [1.807, 2.05) is 6.08 Å². The Kier molecular flexibility index (Phi) is 9.89. The van der Waals surface area contributed by atoms with E-state index in [4.69, 9.17) is 0 Å². The molecule has 1 fully saturated rings. The minimum Gasteiger partial charge on any atom is -0.354 e. The molecule has 2 N–H and O–H groups in total. The fourth-order valence-electron chi connectivity index (χ4n) is 2.77. The van der Waals surface area contributed by atoms with Gasteiger partial charge in [0.2, 0.25) is 0 Å². The molecule has 1 heterocycles. The Balaban J connectivity index is 0.00000264. The van der Waals surface area contributed by atoms with E-state index in [1.165, 1.54) is 32.1 Å². The van der Waals surface area contributed by atoms with E-state index in [0.717, 1.165) is 31.3 Å². The van der Waals surface area contributed by atoms with Crippen LogP contribution in [0.1, 0.15) is 44.9 Å². The van der Waals surface area contributed by atoms with Crippen LogP contribution in [0.2, 0.25) is 0 Å². The second-order valence-electron chi connectivity index (χ2n) is 5.67. The van der Waals surface area contributed by atoms with Gasteiger partial charge in [0.05, 0.1) is 6.54 Å². The van der Waals surface area contributed by atoms with Gasteiger partial charge in [-0.25, -0.2) is 0 Å². The maximum absolute atomic E-state index is 4.68. The molecule has 1 aromatic heterocycles. The Bertz CT molecular complexity index is 479. The summed E-state index contributed by atoms with van der Waals surface area (Å²) in [5.41, 5.74) is 0. The smallest absolute Gasteiger partial charge is 0.191 e. The summed E-state index contributed by atoms with van der Waals surface area (Å²) in [7, 11) is 0. The van der Waals surface area contributed by atoms with Gasteiger partial charge in [-0.2, -0.15) is 0 Å². The second kappa shape index (κ2) is 11.4. The Morgan fingerprint density at radius 3 is 2.91 bits per heavy atom. The highest BCUT2D eigenvalue weighted by Gasteiger charge is 2.14. The zero-order chi connectivity index (χ0) is 15.6. The molecule has 0 radical (unpaired) electrons. The summed E-state index contributed by atoms with van der Waals surface area (Å²) in [5.74, 6) is 1.90. The Labute approximate surface area is 156 Å². The number of aliphatic imine (C=N–C) groups is 1. The number of rotatable bonds is 7. The molecule has 1 aromatic rings. The largest absolute Gasteiger partial charge is 0.354 e. The summed E-state index contributed by atoms with van der Waals surface area (Å²) in [5, 5.41) is 14.9. The average molecular weight is 432 g/mol. The van der Waals surface area contributed by atoms with Crippen LogP contribution < -0.4 is 10.6 Å². The third kappa shape index (κ3) is 6.88. The van der Waals surface area contributed by atoms with Crippen molar-refractivity contribution in [3.05, 3.63) is 24.8 Å². The molecule has 2 rings (SSSR count). The van der Waals surface area contributed by atoms with Crippen molar-refractivity contribution in [2.75, 3.05) is 13.1 Å². The molecule has 0 saturated heterocycles. The SMILES string of the molecule is C=CCNC(=NCCn1cnnc1CC)NC1CCCCC1.I. The van der Waals surface area contributed by atoms with Crippen LogP contribution in [0.25, 0.3) is 0 Å². The molecule has 6 nitrogen and oxygen atoms in total. The number of nitrogens with zero attached hydrogens (tertiary/aromatic N) is 4. The van der Waals surface area contributed by atoms with Crippen molar-refractivity contribution in [3.8, 4) is 0 Å². The van der Waals surface area contributed by atoms with Crippen LogP contribution in [-0.4, -0.2) is 39.9 Å². The fraction of sp³-hybridized carbons (Fsp3) is 0.688. The lowest BCUT2D eigenvalue weighted by Gasteiger charge is -2.25. The quantitative estimate of drug-likeness (QED) is 0.301. The Hall–Kier alpha value is -1.12. The van der Waals surface area contributed by atoms with Crippen molar-refractivity contribution in [1.82, 2.24) is 25.4 Å². The Morgan fingerprint density at radius 1 is 1.43 bits per heavy atom. The molecular weight excluding hydrogens is 403 g/mol. The first-order valence-corrected chi connectivity index (χ1v) is 8.36. The first-order valence-electron chi connectivity index (χ1n) is 8.36. The van der Waals surface area contributed by atoms with Crippen molar-refractivity contribution in [2.24, 2.45) is 4.99 Å². The molecule has 0 atom stereocenters. The van der Waals surface area contributed by atoms with Crippen molar-refractivity contribution >= 4 is 29.9 Å². The van der Waals surface area contributed by atoms with Crippen LogP contribution in [0.3, 0.4) is 0 Å². The molecule has 0 unspecified atom stereocenters. The predicted octanol–water partition coefficient (Wildman–Crippen LogP) is 2.51. The van der Waals surface area contributed by atoms with Crippen LogP contribution in [0.4, 0.5) is 0 Å². The van der Waals surface area contributed by atoms with Crippen LogP contribution in [0, 0.1) is 0 Å². The van der Waals surface area contributed by atoms with E-state index in [-0.39, 0.29) is 24.0 Å². The molecule has 0 spiro atoms. The third-order valence-electron chi connectivity index (χ3n) is 3.98. The third-order valence-corrected chi connectivity index (χ3v) is 3.98. The molecule has 23 heavy (non-hydrogen) atoms. The van der Waals surface area contributed by atoms with E-state index < -0.39 is 0 Å². The molecule has 130 valence electrons. The summed E-state index contributed by atoms with van der Waals surface area (Å²) in [6.07, 6.45) is 11.0. The minimum absolute atomic E-state index is 0. The molecule has 0 aliphatic heterocycles. The summed E-state index contributed by atoms with van der Waals surface area (Å²) < 4.78 is 2.06. The normalized spacial score (nSPS) is 15.8. The van der Waals surface area contributed by atoms with Gasteiger partial charge < -0.3 is 15.2 Å². The van der Waals surface area contributed by atoms with Crippen molar-refractivity contribution in [1.29, 1.82) is 0 Å². The summed E-state index contributed by atoms with van der Waals surface area (Å²) in [6, 6.07) is 0.547. The maximum Gasteiger partial charge on any atom is 0.191 e. The van der Waals surface area contributed by atoms with Crippen LogP contribution in [0.15, 0.2) is 24.0 Å². The van der Waals surface area contributed by atoms with Gasteiger partial charge in [0, 0.05) is 25.6 Å². The highest BCUT2D eigenvalue weighted by molar-refractivity contribution is 14.0. The number of aromatic nitrogens is 3.